The molecule has 1 atom stereocenters. The Morgan fingerprint density at radius 2 is 2.28 bits per heavy atom. The minimum Gasteiger partial charge on any atom is -0.475 e. The zero-order chi connectivity index (χ0) is 13.4. The van der Waals surface area contributed by atoms with Crippen LogP contribution in [0.25, 0.3) is 0 Å². The maximum atomic E-state index is 10.8. The van der Waals surface area contributed by atoms with Gasteiger partial charge < -0.3 is 14.3 Å². The van der Waals surface area contributed by atoms with Gasteiger partial charge in [0.2, 0.25) is 5.76 Å². The third-order valence-corrected chi connectivity index (χ3v) is 3.10. The second-order valence-electron chi connectivity index (χ2n) is 4.51. The summed E-state index contributed by atoms with van der Waals surface area (Å²) in [4.78, 5) is 10.8. The van der Waals surface area contributed by atoms with E-state index in [2.05, 4.69) is 13.8 Å². The molecule has 0 fully saturated rings. The number of carboxylic acid groups (broad SMARTS) is 1. The molecule has 1 N–H and O–H groups in total. The normalized spacial score (nSPS) is 12.6. The average molecular weight is 254 g/mol. The molecule has 0 saturated heterocycles. The van der Waals surface area contributed by atoms with Gasteiger partial charge in [-0.05, 0) is 18.4 Å². The second-order valence-corrected chi connectivity index (χ2v) is 4.51. The number of furan rings is 1. The van der Waals surface area contributed by atoms with E-state index in [-0.39, 0.29) is 5.76 Å². The fourth-order valence-electron chi connectivity index (χ4n) is 1.87. The predicted octanol–water partition coefficient (Wildman–Crippen LogP) is 3.71. The second kappa shape index (κ2) is 7.93. The first-order valence-electron chi connectivity index (χ1n) is 6.56. The van der Waals surface area contributed by atoms with Crippen molar-refractivity contribution in [1.29, 1.82) is 0 Å². The number of aromatic carboxylic acids is 1. The van der Waals surface area contributed by atoms with Gasteiger partial charge >= 0.3 is 5.97 Å². The minimum atomic E-state index is -1.04. The van der Waals surface area contributed by atoms with Crippen LogP contribution in [0.15, 0.2) is 16.7 Å². The van der Waals surface area contributed by atoms with Gasteiger partial charge in [0.05, 0.1) is 12.9 Å². The Balaban J connectivity index is 2.35. The van der Waals surface area contributed by atoms with Crippen LogP contribution in [0.2, 0.25) is 0 Å². The Kier molecular flexibility index (Phi) is 6.50. The van der Waals surface area contributed by atoms with Gasteiger partial charge in [0, 0.05) is 12.2 Å². The largest absolute Gasteiger partial charge is 0.475 e. The summed E-state index contributed by atoms with van der Waals surface area (Å²) in [6.45, 7) is 5.32. The summed E-state index contributed by atoms with van der Waals surface area (Å²) in [5.74, 6) is -0.502. The van der Waals surface area contributed by atoms with Gasteiger partial charge in [0.25, 0.3) is 0 Å². The monoisotopic (exact) mass is 254 g/mol. The molecule has 0 saturated carbocycles. The van der Waals surface area contributed by atoms with Gasteiger partial charge in [-0.1, -0.05) is 33.1 Å². The van der Waals surface area contributed by atoms with Crippen LogP contribution in [-0.2, 0) is 11.3 Å². The Bertz CT molecular complexity index is 356. The van der Waals surface area contributed by atoms with Crippen LogP contribution >= 0.6 is 0 Å². The van der Waals surface area contributed by atoms with Crippen molar-refractivity contribution in [1.82, 2.24) is 0 Å². The molecule has 0 aliphatic carbocycles. The van der Waals surface area contributed by atoms with Gasteiger partial charge in [-0.2, -0.15) is 0 Å². The summed E-state index contributed by atoms with van der Waals surface area (Å²) >= 11 is 0. The highest BCUT2D eigenvalue weighted by Gasteiger charge is 2.14. The lowest BCUT2D eigenvalue weighted by Gasteiger charge is -2.14. The average Bonchev–Trinajstić information content (AvgIpc) is 2.82. The Hall–Kier alpha value is -1.29. The highest BCUT2D eigenvalue weighted by Crippen LogP contribution is 2.16. The molecule has 18 heavy (non-hydrogen) atoms. The number of hydrogen-bond acceptors (Lipinski definition) is 3. The van der Waals surface area contributed by atoms with Crippen molar-refractivity contribution in [3.8, 4) is 0 Å². The number of rotatable bonds is 9. The molecule has 102 valence electrons. The smallest absolute Gasteiger partial charge is 0.372 e. The highest BCUT2D eigenvalue weighted by atomic mass is 16.5. The molecule has 0 amide bonds. The molecule has 0 radical (unpaired) electrons. The van der Waals surface area contributed by atoms with Crippen molar-refractivity contribution >= 4 is 5.97 Å². The molecule has 0 aromatic carbocycles. The first-order chi connectivity index (χ1) is 8.69. The van der Waals surface area contributed by atoms with Crippen molar-refractivity contribution in [3.63, 3.8) is 0 Å². The van der Waals surface area contributed by atoms with Crippen LogP contribution in [0.1, 0.15) is 55.6 Å². The predicted molar refractivity (Wildman–Crippen MR) is 68.6 cm³/mol. The van der Waals surface area contributed by atoms with Gasteiger partial charge in [0.15, 0.2) is 0 Å². The molecule has 0 aliphatic rings. The molecular weight excluding hydrogens is 232 g/mol. The van der Waals surface area contributed by atoms with E-state index in [0.29, 0.717) is 24.7 Å². The lowest BCUT2D eigenvalue weighted by atomic mass is 10.0. The quantitative estimate of drug-likeness (QED) is 0.729. The zero-order valence-electron chi connectivity index (χ0n) is 11.1. The number of carbonyl (C=O) groups is 1. The first kappa shape index (κ1) is 14.8. The van der Waals surface area contributed by atoms with E-state index >= 15 is 0 Å². The molecule has 0 spiro atoms. The number of hydrogen-bond donors (Lipinski definition) is 1. The Morgan fingerprint density at radius 1 is 1.50 bits per heavy atom. The van der Waals surface area contributed by atoms with Crippen LogP contribution in [0.3, 0.4) is 0 Å². The summed E-state index contributed by atoms with van der Waals surface area (Å²) in [5, 5.41) is 8.88. The number of ether oxygens (including phenoxy) is 1. The van der Waals surface area contributed by atoms with Gasteiger partial charge in [-0.15, -0.1) is 0 Å². The summed E-state index contributed by atoms with van der Waals surface area (Å²) in [6.07, 6.45) is 6.06. The van der Waals surface area contributed by atoms with Crippen LogP contribution in [0.5, 0.6) is 0 Å². The van der Waals surface area contributed by atoms with Crippen LogP contribution in [-0.4, -0.2) is 17.7 Å². The van der Waals surface area contributed by atoms with Gasteiger partial charge in [0.1, 0.15) is 0 Å². The Morgan fingerprint density at radius 3 is 2.89 bits per heavy atom. The third kappa shape index (κ3) is 4.53. The van der Waals surface area contributed by atoms with Crippen LogP contribution in [0, 0.1) is 5.92 Å². The Labute approximate surface area is 108 Å². The standard InChI is InChI=1S/C14H22O4/c1-3-5-6-11(4-2)9-17-10-12-7-8-18-13(12)14(15)16/h7-8,11H,3-6,9-10H2,1-2H3,(H,15,16). The molecule has 1 rings (SSSR count). The molecule has 1 aromatic heterocycles. The fourth-order valence-corrected chi connectivity index (χ4v) is 1.87. The maximum Gasteiger partial charge on any atom is 0.372 e. The van der Waals surface area contributed by atoms with E-state index in [9.17, 15) is 4.79 Å². The van der Waals surface area contributed by atoms with Crippen molar-refractivity contribution < 1.29 is 19.1 Å². The molecule has 1 heterocycles. The third-order valence-electron chi connectivity index (χ3n) is 3.10. The van der Waals surface area contributed by atoms with E-state index in [1.807, 2.05) is 0 Å². The van der Waals surface area contributed by atoms with Crippen LogP contribution in [0.4, 0.5) is 0 Å². The molecule has 4 heteroatoms. The lowest BCUT2D eigenvalue weighted by molar-refractivity contribution is 0.0632. The summed E-state index contributed by atoms with van der Waals surface area (Å²) < 4.78 is 10.5. The SMILES string of the molecule is CCCCC(CC)COCc1ccoc1C(=O)O. The molecule has 0 bridgehead atoms. The molecule has 4 nitrogen and oxygen atoms in total. The number of unbranched alkanes of at least 4 members (excludes halogenated alkanes) is 1. The highest BCUT2D eigenvalue weighted by molar-refractivity contribution is 5.85. The molecule has 1 unspecified atom stereocenters. The summed E-state index contributed by atoms with van der Waals surface area (Å²) in [7, 11) is 0. The minimum absolute atomic E-state index is 0.0170. The topological polar surface area (TPSA) is 59.7 Å². The summed E-state index contributed by atoms with van der Waals surface area (Å²) in [5.41, 5.74) is 0.604. The van der Waals surface area contributed by atoms with E-state index in [1.165, 1.54) is 25.5 Å². The van der Waals surface area contributed by atoms with Gasteiger partial charge in [-0.25, -0.2) is 4.79 Å². The van der Waals surface area contributed by atoms with Crippen molar-refractivity contribution in [3.05, 3.63) is 23.7 Å². The number of carboxylic acids is 1. The first-order valence-corrected chi connectivity index (χ1v) is 6.56. The fraction of sp³-hybridized carbons (Fsp3) is 0.643. The molecule has 1 aromatic rings. The van der Waals surface area contributed by atoms with Crippen LogP contribution < -0.4 is 0 Å². The zero-order valence-corrected chi connectivity index (χ0v) is 11.1. The lowest BCUT2D eigenvalue weighted by Crippen LogP contribution is -2.09. The van der Waals surface area contributed by atoms with E-state index < -0.39 is 5.97 Å². The van der Waals surface area contributed by atoms with Crippen molar-refractivity contribution in [2.75, 3.05) is 6.61 Å². The van der Waals surface area contributed by atoms with Gasteiger partial charge in [-0.3, -0.25) is 0 Å². The van der Waals surface area contributed by atoms with E-state index in [0.717, 1.165) is 6.42 Å². The summed E-state index contributed by atoms with van der Waals surface area (Å²) in [6, 6.07) is 1.65. The van der Waals surface area contributed by atoms with Crippen molar-refractivity contribution in [2.24, 2.45) is 5.92 Å². The van der Waals surface area contributed by atoms with E-state index in [1.54, 1.807) is 6.07 Å². The van der Waals surface area contributed by atoms with E-state index in [4.69, 9.17) is 14.3 Å². The molecule has 0 aliphatic heterocycles. The maximum absolute atomic E-state index is 10.8. The van der Waals surface area contributed by atoms with Crippen molar-refractivity contribution in [2.45, 2.75) is 46.1 Å². The molecular formula is C14H22O4.